The van der Waals surface area contributed by atoms with Gasteiger partial charge in [0.1, 0.15) is 0 Å². The van der Waals surface area contributed by atoms with Crippen LogP contribution in [-0.2, 0) is 4.79 Å². The topological polar surface area (TPSA) is 32.3 Å². The predicted octanol–water partition coefficient (Wildman–Crippen LogP) is 2.74. The first kappa shape index (κ1) is 13.6. The molecule has 1 aliphatic carbocycles. The third kappa shape index (κ3) is 3.21. The molecule has 3 rings (SSSR count). The molecule has 2 fully saturated rings. The lowest BCUT2D eigenvalue weighted by atomic mass is 9.96. The van der Waals surface area contributed by atoms with Crippen LogP contribution >= 0.6 is 0 Å². The fourth-order valence-corrected chi connectivity index (χ4v) is 2.90. The highest BCUT2D eigenvalue weighted by molar-refractivity contribution is 5.95. The summed E-state index contributed by atoms with van der Waals surface area (Å²) in [6, 6.07) is 8.39. The molecule has 1 aromatic carbocycles. The van der Waals surface area contributed by atoms with E-state index in [1.165, 1.54) is 18.4 Å². The van der Waals surface area contributed by atoms with Gasteiger partial charge in [-0.05, 0) is 63.7 Å². The molecule has 2 aliphatic rings. The fraction of sp³-hybridized carbons (Fsp3) is 0.588. The number of aryl methyl sites for hydroxylation is 1. The first-order valence-electron chi connectivity index (χ1n) is 7.83. The summed E-state index contributed by atoms with van der Waals surface area (Å²) in [4.78, 5) is 14.9. The van der Waals surface area contributed by atoms with Crippen molar-refractivity contribution in [1.82, 2.24) is 5.32 Å². The van der Waals surface area contributed by atoms with Gasteiger partial charge < -0.3 is 10.2 Å². The van der Waals surface area contributed by atoms with E-state index < -0.39 is 0 Å². The maximum absolute atomic E-state index is 12.8. The second-order valence-corrected chi connectivity index (χ2v) is 6.25. The van der Waals surface area contributed by atoms with Crippen LogP contribution < -0.4 is 10.2 Å². The number of anilines is 1. The van der Waals surface area contributed by atoms with Crippen molar-refractivity contribution >= 4 is 11.6 Å². The molecule has 0 aromatic heterocycles. The van der Waals surface area contributed by atoms with Gasteiger partial charge in [-0.3, -0.25) is 4.79 Å². The van der Waals surface area contributed by atoms with Crippen LogP contribution in [0, 0.1) is 18.8 Å². The van der Waals surface area contributed by atoms with Crippen molar-refractivity contribution in [2.45, 2.75) is 32.6 Å². The van der Waals surface area contributed by atoms with Crippen molar-refractivity contribution in [3.8, 4) is 0 Å². The Balaban J connectivity index is 1.77. The number of benzene rings is 1. The zero-order valence-electron chi connectivity index (χ0n) is 12.3. The van der Waals surface area contributed by atoms with Crippen LogP contribution in [0.2, 0.25) is 0 Å². The summed E-state index contributed by atoms with van der Waals surface area (Å²) in [7, 11) is 0. The molecule has 3 heteroatoms. The monoisotopic (exact) mass is 272 g/mol. The summed E-state index contributed by atoms with van der Waals surface area (Å²) in [5, 5.41) is 3.34. The molecule has 1 heterocycles. The van der Waals surface area contributed by atoms with Crippen molar-refractivity contribution in [3.05, 3.63) is 29.8 Å². The highest BCUT2D eigenvalue weighted by atomic mass is 16.2. The molecule has 108 valence electrons. The third-order valence-electron chi connectivity index (χ3n) is 4.44. The Kier molecular flexibility index (Phi) is 4.06. The maximum Gasteiger partial charge on any atom is 0.230 e. The predicted molar refractivity (Wildman–Crippen MR) is 81.8 cm³/mol. The van der Waals surface area contributed by atoms with Crippen LogP contribution in [0.3, 0.4) is 0 Å². The first-order valence-corrected chi connectivity index (χ1v) is 7.83. The highest BCUT2D eigenvalue weighted by Crippen LogP contribution is 2.32. The van der Waals surface area contributed by atoms with Crippen LogP contribution in [0.5, 0.6) is 0 Å². The van der Waals surface area contributed by atoms with Gasteiger partial charge in [-0.25, -0.2) is 0 Å². The molecule has 0 atom stereocenters. The minimum Gasteiger partial charge on any atom is -0.317 e. The van der Waals surface area contributed by atoms with E-state index in [9.17, 15) is 4.79 Å². The summed E-state index contributed by atoms with van der Waals surface area (Å²) in [5.74, 6) is 1.26. The van der Waals surface area contributed by atoms with Crippen LogP contribution in [0.4, 0.5) is 5.69 Å². The zero-order chi connectivity index (χ0) is 13.9. The van der Waals surface area contributed by atoms with E-state index >= 15 is 0 Å². The van der Waals surface area contributed by atoms with Crippen molar-refractivity contribution in [1.29, 1.82) is 0 Å². The van der Waals surface area contributed by atoms with E-state index in [-0.39, 0.29) is 5.92 Å². The molecule has 0 unspecified atom stereocenters. The first-order chi connectivity index (χ1) is 9.74. The Morgan fingerprint density at radius 2 is 1.80 bits per heavy atom. The van der Waals surface area contributed by atoms with Gasteiger partial charge in [-0.15, -0.1) is 0 Å². The molecule has 0 bridgehead atoms. The molecule has 20 heavy (non-hydrogen) atoms. The number of hydrogen-bond acceptors (Lipinski definition) is 2. The van der Waals surface area contributed by atoms with Gasteiger partial charge in [0.25, 0.3) is 0 Å². The third-order valence-corrected chi connectivity index (χ3v) is 4.44. The lowest BCUT2D eigenvalue weighted by molar-refractivity contribution is -0.123. The molecule has 1 N–H and O–H groups in total. The van der Waals surface area contributed by atoms with Crippen LogP contribution in [0.1, 0.15) is 31.2 Å². The van der Waals surface area contributed by atoms with E-state index in [4.69, 9.17) is 0 Å². The lowest BCUT2D eigenvalue weighted by Gasteiger charge is -2.30. The van der Waals surface area contributed by atoms with Gasteiger partial charge in [0.15, 0.2) is 0 Å². The molecule has 3 nitrogen and oxygen atoms in total. The largest absolute Gasteiger partial charge is 0.317 e. The number of nitrogens with zero attached hydrogens (tertiary/aromatic N) is 1. The minimum atomic E-state index is 0.205. The lowest BCUT2D eigenvalue weighted by Crippen LogP contribution is -2.42. The number of nitrogens with one attached hydrogen (secondary N) is 1. The van der Waals surface area contributed by atoms with Crippen LogP contribution in [-0.4, -0.2) is 25.5 Å². The van der Waals surface area contributed by atoms with E-state index in [2.05, 4.69) is 36.5 Å². The van der Waals surface area contributed by atoms with Gasteiger partial charge in [-0.1, -0.05) is 17.7 Å². The molecule has 1 saturated carbocycles. The standard InChI is InChI=1S/C17H24N2O/c1-13-2-6-16(7-3-13)19(12-14-4-5-14)17(20)15-8-10-18-11-9-15/h2-3,6-7,14-15,18H,4-5,8-12H2,1H3. The average molecular weight is 272 g/mol. The highest BCUT2D eigenvalue weighted by Gasteiger charge is 2.31. The maximum atomic E-state index is 12.8. The summed E-state index contributed by atoms with van der Waals surface area (Å²) in [5.41, 5.74) is 2.32. The number of amides is 1. The number of rotatable bonds is 4. The molecular weight excluding hydrogens is 248 g/mol. The molecule has 1 amide bonds. The normalized spacial score (nSPS) is 19.9. The Morgan fingerprint density at radius 3 is 2.40 bits per heavy atom. The van der Waals surface area contributed by atoms with Gasteiger partial charge in [-0.2, -0.15) is 0 Å². The van der Waals surface area contributed by atoms with Gasteiger partial charge in [0.05, 0.1) is 0 Å². The van der Waals surface area contributed by atoms with E-state index in [1.54, 1.807) is 0 Å². The molecule has 0 spiro atoms. The number of hydrogen-bond donors (Lipinski definition) is 1. The molecule has 1 saturated heterocycles. The number of piperidine rings is 1. The van der Waals surface area contributed by atoms with E-state index in [0.717, 1.165) is 44.1 Å². The fourth-order valence-electron chi connectivity index (χ4n) is 2.90. The van der Waals surface area contributed by atoms with Crippen molar-refractivity contribution in [2.75, 3.05) is 24.5 Å². The van der Waals surface area contributed by atoms with Gasteiger partial charge in [0.2, 0.25) is 5.91 Å². The van der Waals surface area contributed by atoms with Crippen molar-refractivity contribution in [3.63, 3.8) is 0 Å². The second kappa shape index (κ2) is 5.96. The molecule has 1 aliphatic heterocycles. The Labute approximate surface area is 121 Å². The summed E-state index contributed by atoms with van der Waals surface area (Å²) in [6.45, 7) is 4.94. The molecule has 1 aromatic rings. The Morgan fingerprint density at radius 1 is 1.15 bits per heavy atom. The van der Waals surface area contributed by atoms with Crippen LogP contribution in [0.15, 0.2) is 24.3 Å². The second-order valence-electron chi connectivity index (χ2n) is 6.25. The summed E-state index contributed by atoms with van der Waals surface area (Å²) >= 11 is 0. The Bertz CT molecular complexity index is 458. The van der Waals surface area contributed by atoms with Crippen molar-refractivity contribution < 1.29 is 4.79 Å². The summed E-state index contributed by atoms with van der Waals surface area (Å²) < 4.78 is 0. The van der Waals surface area contributed by atoms with Crippen LogP contribution in [0.25, 0.3) is 0 Å². The Hall–Kier alpha value is -1.35. The SMILES string of the molecule is Cc1ccc(N(CC2CC2)C(=O)C2CCNCC2)cc1. The van der Waals surface area contributed by atoms with Gasteiger partial charge in [0, 0.05) is 18.2 Å². The smallest absolute Gasteiger partial charge is 0.230 e. The van der Waals surface area contributed by atoms with Gasteiger partial charge >= 0.3 is 0 Å². The minimum absolute atomic E-state index is 0.205. The quantitative estimate of drug-likeness (QED) is 0.914. The number of carbonyl (C=O) groups excluding carboxylic acids is 1. The molecular formula is C17H24N2O. The van der Waals surface area contributed by atoms with Crippen molar-refractivity contribution in [2.24, 2.45) is 11.8 Å². The zero-order valence-corrected chi connectivity index (χ0v) is 12.3. The number of carbonyl (C=O) groups is 1. The van der Waals surface area contributed by atoms with E-state index in [0.29, 0.717) is 5.91 Å². The van der Waals surface area contributed by atoms with E-state index in [1.807, 2.05) is 4.90 Å². The molecule has 0 radical (unpaired) electrons. The summed E-state index contributed by atoms with van der Waals surface area (Å²) in [6.07, 6.45) is 4.52. The average Bonchev–Trinajstić information content (AvgIpc) is 3.30.